The lowest BCUT2D eigenvalue weighted by Gasteiger charge is -1.97. The summed E-state index contributed by atoms with van der Waals surface area (Å²) in [6, 6.07) is 3.67. The number of nitrogen functional groups attached to an aromatic ring is 1. The molecular formula is C6H9N3. The number of hydrogen-bond acceptors (Lipinski definition) is 1. The standard InChI is InChI=1S/C6H9N3/c1-9-4-2-3-5(9)6(7)8/h2-4H,1H3,(H3,7,8). The highest BCUT2D eigenvalue weighted by molar-refractivity contribution is 5.93. The van der Waals surface area contributed by atoms with Crippen LogP contribution in [0.4, 0.5) is 0 Å². The van der Waals surface area contributed by atoms with E-state index in [1.165, 1.54) is 0 Å². The average Bonchev–Trinajstić information content (AvgIpc) is 2.13. The third kappa shape index (κ3) is 0.937. The van der Waals surface area contributed by atoms with Crippen molar-refractivity contribution in [2.45, 2.75) is 0 Å². The molecule has 0 saturated carbocycles. The largest absolute Gasteiger partial charge is 0.382 e. The summed E-state index contributed by atoms with van der Waals surface area (Å²) >= 11 is 0. The normalized spacial score (nSPS) is 9.44. The van der Waals surface area contributed by atoms with E-state index in [-0.39, 0.29) is 5.84 Å². The van der Waals surface area contributed by atoms with Gasteiger partial charge in [-0.05, 0) is 12.1 Å². The topological polar surface area (TPSA) is 54.8 Å². The van der Waals surface area contributed by atoms with Crippen molar-refractivity contribution in [1.29, 1.82) is 5.41 Å². The summed E-state index contributed by atoms with van der Waals surface area (Å²) in [5, 5.41) is 7.05. The van der Waals surface area contributed by atoms with Crippen LogP contribution >= 0.6 is 0 Å². The molecule has 0 aliphatic heterocycles. The van der Waals surface area contributed by atoms with Gasteiger partial charge in [-0.25, -0.2) is 0 Å². The molecule has 0 fully saturated rings. The van der Waals surface area contributed by atoms with Crippen molar-refractivity contribution < 1.29 is 0 Å². The molecule has 0 spiro atoms. The summed E-state index contributed by atoms with van der Waals surface area (Å²) in [5.74, 6) is 0.113. The summed E-state index contributed by atoms with van der Waals surface area (Å²) in [5.41, 5.74) is 5.98. The van der Waals surface area contributed by atoms with E-state index < -0.39 is 0 Å². The molecule has 3 N–H and O–H groups in total. The molecule has 0 aliphatic carbocycles. The Bertz CT molecular complexity index is 224. The predicted octanol–water partition coefficient (Wildman–Crippen LogP) is 0.309. The van der Waals surface area contributed by atoms with Crippen LogP contribution in [0.25, 0.3) is 0 Å². The second kappa shape index (κ2) is 1.93. The van der Waals surface area contributed by atoms with Crippen LogP contribution in [0.1, 0.15) is 5.69 Å². The van der Waals surface area contributed by atoms with Crippen molar-refractivity contribution in [2.75, 3.05) is 0 Å². The molecule has 1 heterocycles. The second-order valence-corrected chi connectivity index (χ2v) is 1.92. The zero-order valence-electron chi connectivity index (χ0n) is 5.26. The van der Waals surface area contributed by atoms with Crippen molar-refractivity contribution >= 4 is 5.84 Å². The van der Waals surface area contributed by atoms with Crippen molar-refractivity contribution in [1.82, 2.24) is 4.57 Å². The molecule has 0 aliphatic rings. The Morgan fingerprint density at radius 2 is 2.44 bits per heavy atom. The van der Waals surface area contributed by atoms with Gasteiger partial charge in [-0.2, -0.15) is 0 Å². The highest BCUT2D eigenvalue weighted by atomic mass is 15.0. The summed E-state index contributed by atoms with van der Waals surface area (Å²) in [6.07, 6.45) is 1.86. The Morgan fingerprint density at radius 3 is 2.67 bits per heavy atom. The van der Waals surface area contributed by atoms with Crippen molar-refractivity contribution in [2.24, 2.45) is 12.8 Å². The lowest BCUT2D eigenvalue weighted by atomic mass is 10.4. The average molecular weight is 123 g/mol. The van der Waals surface area contributed by atoms with Crippen LogP contribution in [0.5, 0.6) is 0 Å². The first-order valence-electron chi connectivity index (χ1n) is 2.67. The van der Waals surface area contributed by atoms with Crippen LogP contribution in [-0.4, -0.2) is 10.4 Å². The molecule has 48 valence electrons. The SMILES string of the molecule is Cn1cccc1C(=N)N. The third-order valence-electron chi connectivity index (χ3n) is 1.22. The van der Waals surface area contributed by atoms with Crippen molar-refractivity contribution in [3.8, 4) is 0 Å². The first-order chi connectivity index (χ1) is 4.22. The number of nitrogens with zero attached hydrogens (tertiary/aromatic N) is 1. The van der Waals surface area contributed by atoms with Crippen LogP contribution in [0.2, 0.25) is 0 Å². The maximum absolute atomic E-state index is 7.05. The summed E-state index contributed by atoms with van der Waals surface area (Å²) < 4.78 is 1.81. The minimum absolute atomic E-state index is 0.113. The summed E-state index contributed by atoms with van der Waals surface area (Å²) in [6.45, 7) is 0. The first kappa shape index (κ1) is 5.88. The Balaban J connectivity index is 3.08. The molecule has 1 aromatic rings. The van der Waals surface area contributed by atoms with Crippen molar-refractivity contribution in [3.05, 3.63) is 24.0 Å². The first-order valence-corrected chi connectivity index (χ1v) is 2.67. The molecule has 0 aromatic carbocycles. The number of nitrogens with one attached hydrogen (secondary N) is 1. The smallest absolute Gasteiger partial charge is 0.139 e. The predicted molar refractivity (Wildman–Crippen MR) is 36.4 cm³/mol. The van der Waals surface area contributed by atoms with E-state index in [1.54, 1.807) is 0 Å². The van der Waals surface area contributed by atoms with Gasteiger partial charge < -0.3 is 10.3 Å². The van der Waals surface area contributed by atoms with Gasteiger partial charge in [-0.3, -0.25) is 5.41 Å². The van der Waals surface area contributed by atoms with E-state index in [1.807, 2.05) is 29.9 Å². The van der Waals surface area contributed by atoms with Crippen LogP contribution in [0.15, 0.2) is 18.3 Å². The molecule has 0 atom stereocenters. The Kier molecular flexibility index (Phi) is 1.26. The van der Waals surface area contributed by atoms with E-state index in [0.717, 1.165) is 5.69 Å². The Hall–Kier alpha value is -1.25. The van der Waals surface area contributed by atoms with Gasteiger partial charge in [0.15, 0.2) is 0 Å². The molecule has 0 unspecified atom stereocenters. The lowest BCUT2D eigenvalue weighted by Crippen LogP contribution is -2.14. The second-order valence-electron chi connectivity index (χ2n) is 1.92. The van der Waals surface area contributed by atoms with Gasteiger partial charge in [0.05, 0.1) is 5.69 Å². The molecule has 0 amide bonds. The molecular weight excluding hydrogens is 114 g/mol. The van der Waals surface area contributed by atoms with E-state index in [0.29, 0.717) is 0 Å². The number of aromatic nitrogens is 1. The van der Waals surface area contributed by atoms with Gasteiger partial charge in [0.25, 0.3) is 0 Å². The zero-order chi connectivity index (χ0) is 6.85. The highest BCUT2D eigenvalue weighted by Crippen LogP contribution is 1.96. The fourth-order valence-electron chi connectivity index (χ4n) is 0.741. The summed E-state index contributed by atoms with van der Waals surface area (Å²) in [7, 11) is 1.86. The van der Waals surface area contributed by atoms with E-state index in [2.05, 4.69) is 0 Å². The van der Waals surface area contributed by atoms with Crippen molar-refractivity contribution in [3.63, 3.8) is 0 Å². The van der Waals surface area contributed by atoms with Gasteiger partial charge >= 0.3 is 0 Å². The monoisotopic (exact) mass is 123 g/mol. The molecule has 0 saturated heterocycles. The van der Waals surface area contributed by atoms with Gasteiger partial charge in [-0.15, -0.1) is 0 Å². The van der Waals surface area contributed by atoms with E-state index in [9.17, 15) is 0 Å². The maximum Gasteiger partial charge on any atom is 0.139 e. The third-order valence-corrected chi connectivity index (χ3v) is 1.22. The molecule has 0 bridgehead atoms. The number of aryl methyl sites for hydroxylation is 1. The Labute approximate surface area is 53.6 Å². The van der Waals surface area contributed by atoms with Gasteiger partial charge in [0.2, 0.25) is 0 Å². The molecule has 1 rings (SSSR count). The van der Waals surface area contributed by atoms with Crippen LogP contribution in [0.3, 0.4) is 0 Å². The molecule has 0 radical (unpaired) electrons. The molecule has 3 heteroatoms. The number of rotatable bonds is 1. The van der Waals surface area contributed by atoms with Crippen LogP contribution < -0.4 is 5.73 Å². The fourth-order valence-corrected chi connectivity index (χ4v) is 0.741. The minimum Gasteiger partial charge on any atom is -0.382 e. The lowest BCUT2D eigenvalue weighted by molar-refractivity contribution is 0.911. The molecule has 3 nitrogen and oxygen atoms in total. The van der Waals surface area contributed by atoms with Gasteiger partial charge in [0, 0.05) is 13.2 Å². The van der Waals surface area contributed by atoms with Crippen LogP contribution in [0, 0.1) is 5.41 Å². The van der Waals surface area contributed by atoms with Gasteiger partial charge in [-0.1, -0.05) is 0 Å². The quantitative estimate of drug-likeness (QED) is 0.410. The fraction of sp³-hybridized carbons (Fsp3) is 0.167. The van der Waals surface area contributed by atoms with E-state index in [4.69, 9.17) is 11.1 Å². The Morgan fingerprint density at radius 1 is 1.78 bits per heavy atom. The molecule has 1 aromatic heterocycles. The minimum atomic E-state index is 0.113. The zero-order valence-corrected chi connectivity index (χ0v) is 5.26. The summed E-state index contributed by atoms with van der Waals surface area (Å²) in [4.78, 5) is 0. The van der Waals surface area contributed by atoms with E-state index >= 15 is 0 Å². The number of nitrogens with two attached hydrogens (primary N) is 1. The number of amidine groups is 1. The number of hydrogen-bond donors (Lipinski definition) is 2. The maximum atomic E-state index is 7.05. The van der Waals surface area contributed by atoms with Gasteiger partial charge in [0.1, 0.15) is 5.84 Å². The highest BCUT2D eigenvalue weighted by Gasteiger charge is 1.96. The molecule has 9 heavy (non-hydrogen) atoms. The van der Waals surface area contributed by atoms with Crippen LogP contribution in [-0.2, 0) is 7.05 Å².